The largest absolute Gasteiger partial charge is 0.447 e. The fraction of sp³-hybridized carbons (Fsp3) is 0.538. The van der Waals surface area contributed by atoms with Crippen molar-refractivity contribution in [2.45, 2.75) is 24.4 Å². The van der Waals surface area contributed by atoms with Crippen LogP contribution in [0.1, 0.15) is 24.2 Å². The van der Waals surface area contributed by atoms with Gasteiger partial charge in [0.1, 0.15) is 5.03 Å². The third-order valence-electron chi connectivity index (χ3n) is 2.78. The first-order valence-electron chi connectivity index (χ1n) is 6.22. The van der Waals surface area contributed by atoms with Crippen molar-refractivity contribution < 1.29 is 18.0 Å². The second-order valence-electron chi connectivity index (χ2n) is 5.43. The smallest absolute Gasteiger partial charge is 0.341 e. The topological polar surface area (TPSA) is 59.2 Å². The Morgan fingerprint density at radius 1 is 1.43 bits per heavy atom. The number of nitrogens with two attached hydrogens (primary N) is 1. The lowest BCUT2D eigenvalue weighted by molar-refractivity contribution is -0.0329. The third-order valence-corrected chi connectivity index (χ3v) is 3.53. The summed E-state index contributed by atoms with van der Waals surface area (Å²) in [7, 11) is 1.54. The first kappa shape index (κ1) is 17.8. The average molecular weight is 321 g/mol. The van der Waals surface area contributed by atoms with Gasteiger partial charge in [-0.05, 0) is 24.1 Å². The summed E-state index contributed by atoms with van der Waals surface area (Å²) in [4.78, 5) is 17.3. The molecular formula is C13H18F3N3OS. The van der Waals surface area contributed by atoms with Crippen LogP contribution in [0.3, 0.4) is 0 Å². The summed E-state index contributed by atoms with van der Waals surface area (Å²) in [6.45, 7) is 4.46. The van der Waals surface area contributed by atoms with Crippen LogP contribution in [-0.4, -0.2) is 41.4 Å². The molecule has 2 N–H and O–H groups in total. The van der Waals surface area contributed by atoms with E-state index in [4.69, 9.17) is 5.73 Å². The van der Waals surface area contributed by atoms with Crippen LogP contribution in [-0.2, 0) is 0 Å². The number of carbonyl (C=O) groups excluding carboxylic acids is 1. The van der Waals surface area contributed by atoms with E-state index in [9.17, 15) is 18.0 Å². The van der Waals surface area contributed by atoms with E-state index >= 15 is 0 Å². The number of nitrogens with zero attached hydrogens (tertiary/aromatic N) is 2. The molecule has 1 rings (SSSR count). The van der Waals surface area contributed by atoms with Crippen molar-refractivity contribution in [1.82, 2.24) is 9.88 Å². The van der Waals surface area contributed by atoms with E-state index in [2.05, 4.69) is 4.98 Å². The number of amides is 1. The van der Waals surface area contributed by atoms with E-state index in [1.165, 1.54) is 30.3 Å². The molecule has 0 saturated carbocycles. The van der Waals surface area contributed by atoms with Crippen LogP contribution in [0.25, 0.3) is 0 Å². The minimum atomic E-state index is -4.49. The van der Waals surface area contributed by atoms with Crippen molar-refractivity contribution in [3.05, 3.63) is 23.9 Å². The molecule has 0 atom stereocenters. The Kier molecular flexibility index (Phi) is 5.63. The van der Waals surface area contributed by atoms with Crippen molar-refractivity contribution in [1.29, 1.82) is 0 Å². The summed E-state index contributed by atoms with van der Waals surface area (Å²) in [6.07, 6.45) is 1.23. The number of hydrogen-bond donors (Lipinski definition) is 1. The molecule has 0 radical (unpaired) electrons. The van der Waals surface area contributed by atoms with Gasteiger partial charge in [-0.1, -0.05) is 13.8 Å². The predicted molar refractivity (Wildman–Crippen MR) is 75.9 cm³/mol. The molecule has 0 aliphatic heterocycles. The molecule has 1 aromatic heterocycles. The first-order chi connectivity index (χ1) is 9.56. The van der Waals surface area contributed by atoms with Gasteiger partial charge in [-0.25, -0.2) is 4.98 Å². The van der Waals surface area contributed by atoms with Crippen molar-refractivity contribution in [2.75, 3.05) is 20.1 Å². The van der Waals surface area contributed by atoms with E-state index in [1.807, 2.05) is 13.8 Å². The van der Waals surface area contributed by atoms with Gasteiger partial charge in [-0.2, -0.15) is 13.2 Å². The van der Waals surface area contributed by atoms with Crippen LogP contribution >= 0.6 is 11.8 Å². The Balaban J connectivity index is 2.97. The summed E-state index contributed by atoms with van der Waals surface area (Å²) in [5.74, 6) is -0.503. The Morgan fingerprint density at radius 3 is 2.57 bits per heavy atom. The highest BCUT2D eigenvalue weighted by Gasteiger charge is 2.33. The molecule has 0 unspecified atom stereocenters. The van der Waals surface area contributed by atoms with Crippen LogP contribution in [0.2, 0.25) is 0 Å². The van der Waals surface area contributed by atoms with E-state index in [0.717, 1.165) is 0 Å². The molecule has 0 aromatic carbocycles. The zero-order chi connectivity index (χ0) is 16.3. The van der Waals surface area contributed by atoms with Gasteiger partial charge in [-0.3, -0.25) is 4.79 Å². The average Bonchev–Trinajstić information content (AvgIpc) is 2.36. The summed E-state index contributed by atoms with van der Waals surface area (Å²) >= 11 is -0.386. The lowest BCUT2D eigenvalue weighted by atomic mass is 9.93. The lowest BCUT2D eigenvalue weighted by Gasteiger charge is -2.29. The number of rotatable bonds is 5. The molecule has 4 nitrogen and oxygen atoms in total. The highest BCUT2D eigenvalue weighted by atomic mass is 32.2. The molecule has 0 fully saturated rings. The zero-order valence-electron chi connectivity index (χ0n) is 12.1. The number of pyridine rings is 1. The number of hydrogen-bond acceptors (Lipinski definition) is 4. The number of halogens is 3. The van der Waals surface area contributed by atoms with Gasteiger partial charge >= 0.3 is 5.51 Å². The van der Waals surface area contributed by atoms with Gasteiger partial charge in [-0.15, -0.1) is 0 Å². The molecule has 1 heterocycles. The summed E-state index contributed by atoms with van der Waals surface area (Å²) in [5, 5.41) is -0.340. The van der Waals surface area contributed by atoms with Crippen LogP contribution in [0, 0.1) is 5.41 Å². The summed E-state index contributed by atoms with van der Waals surface area (Å²) in [6, 6.07) is 2.78. The second kappa shape index (κ2) is 6.65. The highest BCUT2D eigenvalue weighted by Crippen LogP contribution is 2.37. The minimum Gasteiger partial charge on any atom is -0.341 e. The van der Waals surface area contributed by atoms with Crippen LogP contribution in [0.5, 0.6) is 0 Å². The third kappa shape index (κ3) is 5.55. The maximum atomic E-state index is 12.5. The highest BCUT2D eigenvalue weighted by molar-refractivity contribution is 8.00. The van der Waals surface area contributed by atoms with Gasteiger partial charge in [0.05, 0.1) is 5.56 Å². The maximum Gasteiger partial charge on any atom is 0.447 e. The fourth-order valence-corrected chi connectivity index (χ4v) is 2.33. The van der Waals surface area contributed by atoms with Crippen LogP contribution in [0.4, 0.5) is 13.2 Å². The lowest BCUT2D eigenvalue weighted by Crippen LogP contribution is -2.40. The summed E-state index contributed by atoms with van der Waals surface area (Å²) in [5.41, 5.74) is 0.740. The molecule has 0 bridgehead atoms. The van der Waals surface area contributed by atoms with Gasteiger partial charge in [0, 0.05) is 31.6 Å². The van der Waals surface area contributed by atoms with Gasteiger partial charge in [0.2, 0.25) is 0 Å². The molecule has 0 spiro atoms. The number of thioether (sulfide) groups is 1. The van der Waals surface area contributed by atoms with Crippen molar-refractivity contribution in [2.24, 2.45) is 11.1 Å². The second-order valence-corrected chi connectivity index (χ2v) is 6.49. The van der Waals surface area contributed by atoms with Crippen LogP contribution in [0.15, 0.2) is 23.4 Å². The standard InChI is InChI=1S/C13H18F3N3OS/c1-12(2,7-17)8-19(3)11(20)9-5-4-6-18-10(9)21-13(14,15)16/h4-6H,7-8,17H2,1-3H3. The van der Waals surface area contributed by atoms with Gasteiger partial charge < -0.3 is 10.6 Å². The molecule has 1 amide bonds. The van der Waals surface area contributed by atoms with Gasteiger partial charge in [0.25, 0.3) is 5.91 Å². The molecule has 1 aromatic rings. The van der Waals surface area contributed by atoms with E-state index in [0.29, 0.717) is 13.1 Å². The van der Waals surface area contributed by atoms with Crippen molar-refractivity contribution >= 4 is 17.7 Å². The van der Waals surface area contributed by atoms with Crippen molar-refractivity contribution in [3.8, 4) is 0 Å². The Labute approximate surface area is 125 Å². The first-order valence-corrected chi connectivity index (χ1v) is 7.04. The van der Waals surface area contributed by atoms with Crippen LogP contribution < -0.4 is 5.73 Å². The minimum absolute atomic E-state index is 0.0600. The van der Waals surface area contributed by atoms with E-state index in [1.54, 1.807) is 0 Å². The molecule has 8 heteroatoms. The number of aromatic nitrogens is 1. The molecule has 21 heavy (non-hydrogen) atoms. The Bertz CT molecular complexity index is 506. The molecule has 0 saturated heterocycles. The molecule has 0 aliphatic rings. The Hall–Kier alpha value is -1.28. The fourth-order valence-electron chi connectivity index (χ4n) is 1.73. The molecular weight excluding hydrogens is 303 g/mol. The summed E-state index contributed by atoms with van der Waals surface area (Å²) < 4.78 is 37.5. The monoisotopic (exact) mass is 321 g/mol. The van der Waals surface area contributed by atoms with Gasteiger partial charge in [0.15, 0.2) is 0 Å². The SMILES string of the molecule is CN(CC(C)(C)CN)C(=O)c1cccnc1SC(F)(F)F. The zero-order valence-corrected chi connectivity index (χ0v) is 12.9. The van der Waals surface area contributed by atoms with E-state index < -0.39 is 11.4 Å². The molecule has 0 aliphatic carbocycles. The quantitative estimate of drug-likeness (QED) is 0.847. The predicted octanol–water partition coefficient (Wildman–Crippen LogP) is 2.75. The van der Waals surface area contributed by atoms with Crippen molar-refractivity contribution in [3.63, 3.8) is 0 Å². The maximum absolute atomic E-state index is 12.5. The van der Waals surface area contributed by atoms with E-state index in [-0.39, 0.29) is 27.8 Å². The number of alkyl halides is 3. The molecule has 118 valence electrons. The number of carbonyl (C=O) groups is 1. The normalized spacial score (nSPS) is 12.3. The Morgan fingerprint density at radius 2 is 2.05 bits per heavy atom.